The third-order valence-corrected chi connectivity index (χ3v) is 2.32. The number of allylic oxidation sites excluding steroid dienone is 5. The Kier molecular flexibility index (Phi) is 4.98. The zero-order valence-electron chi connectivity index (χ0n) is 10.8. The predicted octanol–water partition coefficient (Wildman–Crippen LogP) is 5.04. The van der Waals surface area contributed by atoms with Gasteiger partial charge in [0.15, 0.2) is 0 Å². The van der Waals surface area contributed by atoms with Crippen LogP contribution in [0.2, 0.25) is 0 Å². The number of aryl methyl sites for hydroxylation is 1. The Balaban J connectivity index is 3.34. The zero-order chi connectivity index (χ0) is 14.5. The molecule has 102 valence electrons. The van der Waals surface area contributed by atoms with Crippen LogP contribution in [-0.4, -0.2) is 6.36 Å². The number of benzene rings is 1. The fourth-order valence-electron chi connectivity index (χ4n) is 1.62. The van der Waals surface area contributed by atoms with Gasteiger partial charge in [0.25, 0.3) is 0 Å². The fourth-order valence-corrected chi connectivity index (χ4v) is 1.62. The molecule has 0 aliphatic carbocycles. The molecular weight excluding hydrogens is 253 g/mol. The summed E-state index contributed by atoms with van der Waals surface area (Å²) in [5, 5.41) is 0. The average molecular weight is 268 g/mol. The van der Waals surface area contributed by atoms with Crippen molar-refractivity contribution in [3.05, 3.63) is 60.2 Å². The molecule has 19 heavy (non-hydrogen) atoms. The summed E-state index contributed by atoms with van der Waals surface area (Å²) in [7, 11) is 0. The fraction of sp³-hybridized carbons (Fsp3) is 0.200. The van der Waals surface area contributed by atoms with Gasteiger partial charge in [-0.05, 0) is 31.6 Å². The van der Waals surface area contributed by atoms with E-state index in [-0.39, 0.29) is 5.75 Å². The van der Waals surface area contributed by atoms with Gasteiger partial charge in [0.1, 0.15) is 5.75 Å². The third-order valence-electron chi connectivity index (χ3n) is 2.32. The molecule has 0 heterocycles. The summed E-state index contributed by atoms with van der Waals surface area (Å²) in [6.45, 7) is 7.16. The molecule has 1 rings (SSSR count). The first-order valence-corrected chi connectivity index (χ1v) is 5.69. The molecule has 0 spiro atoms. The Morgan fingerprint density at radius 2 is 2.00 bits per heavy atom. The second-order valence-corrected chi connectivity index (χ2v) is 3.91. The maximum Gasteiger partial charge on any atom is 0.573 e. The number of rotatable bonds is 4. The van der Waals surface area contributed by atoms with Crippen molar-refractivity contribution >= 4 is 5.57 Å². The van der Waals surface area contributed by atoms with Crippen molar-refractivity contribution in [3.8, 4) is 5.75 Å². The van der Waals surface area contributed by atoms with Gasteiger partial charge in [-0.2, -0.15) is 0 Å². The lowest BCUT2D eigenvalue weighted by molar-refractivity contribution is -0.274. The molecule has 4 heteroatoms. The SMILES string of the molecule is C=C/C=C(\C=C/C)c1cc(C)ccc1OC(F)(F)F. The molecule has 0 radical (unpaired) electrons. The van der Waals surface area contributed by atoms with E-state index < -0.39 is 6.36 Å². The van der Waals surface area contributed by atoms with Crippen molar-refractivity contribution in [2.45, 2.75) is 20.2 Å². The Bertz CT molecular complexity index is 511. The molecule has 1 aromatic carbocycles. The van der Waals surface area contributed by atoms with E-state index in [0.29, 0.717) is 11.1 Å². The van der Waals surface area contributed by atoms with Crippen LogP contribution in [0.3, 0.4) is 0 Å². The standard InChI is InChI=1S/C15H15F3O/c1-4-6-12(7-5-2)13-10-11(3)8-9-14(13)19-15(16,17)18/h4-10H,1H2,2-3H3/b7-5-,12-6+. The quantitative estimate of drug-likeness (QED) is 0.695. The molecule has 0 amide bonds. The van der Waals surface area contributed by atoms with Crippen LogP contribution in [0, 0.1) is 6.92 Å². The Hall–Kier alpha value is -1.97. The lowest BCUT2D eigenvalue weighted by Gasteiger charge is -2.14. The molecular formula is C15H15F3O. The van der Waals surface area contributed by atoms with E-state index in [1.807, 2.05) is 6.92 Å². The summed E-state index contributed by atoms with van der Waals surface area (Å²) in [5.74, 6) is -0.218. The second-order valence-electron chi connectivity index (χ2n) is 3.91. The largest absolute Gasteiger partial charge is 0.573 e. The minimum absolute atomic E-state index is 0.218. The van der Waals surface area contributed by atoms with Gasteiger partial charge in [-0.1, -0.05) is 42.5 Å². The van der Waals surface area contributed by atoms with Crippen molar-refractivity contribution in [2.24, 2.45) is 0 Å². The van der Waals surface area contributed by atoms with E-state index in [1.165, 1.54) is 12.1 Å². The topological polar surface area (TPSA) is 9.23 Å². The third kappa shape index (κ3) is 4.66. The Labute approximate surface area is 110 Å². The molecule has 0 saturated heterocycles. The summed E-state index contributed by atoms with van der Waals surface area (Å²) >= 11 is 0. The molecule has 1 nitrogen and oxygen atoms in total. The van der Waals surface area contributed by atoms with Crippen molar-refractivity contribution < 1.29 is 17.9 Å². The summed E-state index contributed by atoms with van der Waals surface area (Å²) in [5.41, 5.74) is 1.85. The first-order valence-electron chi connectivity index (χ1n) is 5.69. The summed E-state index contributed by atoms with van der Waals surface area (Å²) in [4.78, 5) is 0. The molecule has 1 aromatic rings. The van der Waals surface area contributed by atoms with Crippen LogP contribution in [0.5, 0.6) is 5.75 Å². The maximum absolute atomic E-state index is 12.4. The molecule has 0 aliphatic rings. The van der Waals surface area contributed by atoms with Gasteiger partial charge in [-0.15, -0.1) is 13.2 Å². The number of hydrogen-bond acceptors (Lipinski definition) is 1. The minimum Gasteiger partial charge on any atom is -0.405 e. The van der Waals surface area contributed by atoms with Crippen molar-refractivity contribution in [1.82, 2.24) is 0 Å². The molecule has 0 atom stereocenters. The van der Waals surface area contributed by atoms with Crippen molar-refractivity contribution in [1.29, 1.82) is 0 Å². The zero-order valence-corrected chi connectivity index (χ0v) is 10.8. The normalized spacial score (nSPS) is 12.8. The number of halogens is 3. The van der Waals surface area contributed by atoms with Crippen molar-refractivity contribution in [2.75, 3.05) is 0 Å². The minimum atomic E-state index is -4.71. The molecule has 0 aliphatic heterocycles. The smallest absolute Gasteiger partial charge is 0.405 e. The van der Waals surface area contributed by atoms with E-state index in [9.17, 15) is 13.2 Å². The van der Waals surface area contributed by atoms with Crippen LogP contribution in [0.15, 0.2) is 49.1 Å². The molecule has 0 bridgehead atoms. The van der Waals surface area contributed by atoms with Crippen LogP contribution in [0.4, 0.5) is 13.2 Å². The van der Waals surface area contributed by atoms with Crippen LogP contribution in [0.1, 0.15) is 18.1 Å². The molecule has 0 N–H and O–H groups in total. The Morgan fingerprint density at radius 3 is 2.53 bits per heavy atom. The number of alkyl halides is 3. The highest BCUT2D eigenvalue weighted by molar-refractivity contribution is 5.79. The van der Waals surface area contributed by atoms with Gasteiger partial charge in [-0.3, -0.25) is 0 Å². The predicted molar refractivity (Wildman–Crippen MR) is 70.9 cm³/mol. The highest BCUT2D eigenvalue weighted by Crippen LogP contribution is 2.32. The summed E-state index contributed by atoms with van der Waals surface area (Å²) in [6, 6.07) is 4.54. The second kappa shape index (κ2) is 6.27. The molecule has 0 saturated carbocycles. The lowest BCUT2D eigenvalue weighted by atomic mass is 10.0. The van der Waals surface area contributed by atoms with Crippen LogP contribution >= 0.6 is 0 Å². The Morgan fingerprint density at radius 1 is 1.32 bits per heavy atom. The summed E-state index contributed by atoms with van der Waals surface area (Å²) in [6.07, 6.45) is 1.90. The van der Waals surface area contributed by atoms with Gasteiger partial charge in [-0.25, -0.2) is 0 Å². The number of ether oxygens (including phenoxy) is 1. The molecule has 0 aromatic heterocycles. The summed E-state index contributed by atoms with van der Waals surface area (Å²) < 4.78 is 41.2. The number of hydrogen-bond donors (Lipinski definition) is 0. The highest BCUT2D eigenvalue weighted by atomic mass is 19.4. The highest BCUT2D eigenvalue weighted by Gasteiger charge is 2.32. The van der Waals surface area contributed by atoms with Gasteiger partial charge < -0.3 is 4.74 Å². The maximum atomic E-state index is 12.4. The van der Waals surface area contributed by atoms with Gasteiger partial charge >= 0.3 is 6.36 Å². The lowest BCUT2D eigenvalue weighted by Crippen LogP contribution is -2.18. The van der Waals surface area contributed by atoms with Gasteiger partial charge in [0, 0.05) is 5.56 Å². The van der Waals surface area contributed by atoms with Gasteiger partial charge in [0.2, 0.25) is 0 Å². The van der Waals surface area contributed by atoms with Gasteiger partial charge in [0.05, 0.1) is 0 Å². The van der Waals surface area contributed by atoms with Crippen LogP contribution in [-0.2, 0) is 0 Å². The van der Waals surface area contributed by atoms with E-state index >= 15 is 0 Å². The first kappa shape index (κ1) is 15.1. The van der Waals surface area contributed by atoms with Crippen molar-refractivity contribution in [3.63, 3.8) is 0 Å². The van der Waals surface area contributed by atoms with E-state index in [2.05, 4.69) is 11.3 Å². The average Bonchev–Trinajstić information content (AvgIpc) is 2.29. The molecule has 0 unspecified atom stereocenters. The first-order chi connectivity index (χ1) is 8.87. The van der Waals surface area contributed by atoms with E-state index in [1.54, 1.807) is 37.3 Å². The van der Waals surface area contributed by atoms with Crippen LogP contribution in [0.25, 0.3) is 5.57 Å². The van der Waals surface area contributed by atoms with E-state index in [0.717, 1.165) is 5.56 Å². The van der Waals surface area contributed by atoms with E-state index in [4.69, 9.17) is 0 Å². The van der Waals surface area contributed by atoms with Crippen LogP contribution < -0.4 is 4.74 Å². The molecule has 0 fully saturated rings. The monoisotopic (exact) mass is 268 g/mol.